The highest BCUT2D eigenvalue weighted by Gasteiger charge is 2.59. The molecule has 4 aromatic rings. The smallest absolute Gasteiger partial charge is 0.190 e. The number of benzene rings is 3. The molecule has 154 valence electrons. The molecule has 3 aromatic carbocycles. The van der Waals surface area contributed by atoms with E-state index in [9.17, 15) is 0 Å². The van der Waals surface area contributed by atoms with Crippen LogP contribution in [-0.2, 0) is 5.41 Å². The summed E-state index contributed by atoms with van der Waals surface area (Å²) in [7, 11) is 0. The molecule has 3 aliphatic rings. The number of hydrogen-bond donors (Lipinski definition) is 0. The van der Waals surface area contributed by atoms with Crippen LogP contribution in [0.5, 0.6) is 0 Å². The molecule has 0 amide bonds. The average Bonchev–Trinajstić information content (AvgIpc) is 2.80. The first-order valence-corrected chi connectivity index (χ1v) is 11.9. The molecule has 1 aromatic heterocycles. The molecular formula is C27H20Br2ClN. The summed E-state index contributed by atoms with van der Waals surface area (Å²) in [5, 5.41) is 0. The van der Waals surface area contributed by atoms with Crippen LogP contribution in [0, 0.1) is 0 Å². The van der Waals surface area contributed by atoms with Gasteiger partial charge in [0.2, 0.25) is 0 Å². The third kappa shape index (κ3) is 3.05. The normalized spacial score (nSPS) is 19.8. The van der Waals surface area contributed by atoms with E-state index in [0.29, 0.717) is 6.04 Å². The maximum atomic E-state index is 3.64. The maximum absolute atomic E-state index is 3.64. The van der Waals surface area contributed by atoms with Crippen LogP contribution in [0.4, 0.5) is 0 Å². The monoisotopic (exact) mass is 551 g/mol. The lowest BCUT2D eigenvalue weighted by Crippen LogP contribution is -3.00. The van der Waals surface area contributed by atoms with Crippen molar-refractivity contribution in [3.8, 4) is 0 Å². The molecule has 0 saturated carbocycles. The van der Waals surface area contributed by atoms with Crippen molar-refractivity contribution in [2.45, 2.75) is 23.8 Å². The van der Waals surface area contributed by atoms with Crippen LogP contribution in [0.25, 0.3) is 0 Å². The minimum Gasteiger partial charge on any atom is -1.00 e. The SMILES string of the molecule is Brc1ccc(C2(c3ccc(Br)cc3)C[C@@H]3c4ccccc4[C@H]2c2cccc[n+]23)cc1.[Cl-]. The van der Waals surface area contributed by atoms with Crippen LogP contribution in [-0.4, -0.2) is 0 Å². The Kier molecular flexibility index (Phi) is 5.32. The van der Waals surface area contributed by atoms with Gasteiger partial charge in [-0.15, -0.1) is 0 Å². The number of nitrogens with zero attached hydrogens (tertiary/aromatic N) is 1. The summed E-state index contributed by atoms with van der Waals surface area (Å²) in [4.78, 5) is 0. The molecule has 0 saturated heterocycles. The zero-order chi connectivity index (χ0) is 20.3. The Bertz CT molecular complexity index is 1160. The zero-order valence-electron chi connectivity index (χ0n) is 16.7. The van der Waals surface area contributed by atoms with E-state index in [1.54, 1.807) is 0 Å². The lowest BCUT2D eigenvalue weighted by Gasteiger charge is -2.50. The number of aromatic nitrogens is 1. The van der Waals surface area contributed by atoms with E-state index < -0.39 is 0 Å². The van der Waals surface area contributed by atoms with E-state index in [2.05, 4.69) is 134 Å². The number of hydrogen-bond acceptors (Lipinski definition) is 0. The summed E-state index contributed by atoms with van der Waals surface area (Å²) in [5.74, 6) is 0.266. The fourth-order valence-electron chi connectivity index (χ4n) is 5.76. The molecule has 31 heavy (non-hydrogen) atoms. The van der Waals surface area contributed by atoms with Crippen molar-refractivity contribution in [3.63, 3.8) is 0 Å². The van der Waals surface area contributed by atoms with Gasteiger partial charge < -0.3 is 12.4 Å². The Morgan fingerprint density at radius 2 is 1.23 bits per heavy atom. The minimum absolute atomic E-state index is 0. The van der Waals surface area contributed by atoms with Crippen LogP contribution in [0.2, 0.25) is 0 Å². The van der Waals surface area contributed by atoms with Crippen LogP contribution in [0.15, 0.2) is 106 Å². The van der Waals surface area contributed by atoms with Crippen molar-refractivity contribution in [2.24, 2.45) is 0 Å². The highest BCUT2D eigenvalue weighted by Crippen LogP contribution is 2.59. The van der Waals surface area contributed by atoms with E-state index in [1.165, 1.54) is 27.9 Å². The second-order valence-corrected chi connectivity index (χ2v) is 10.1. The molecular weight excluding hydrogens is 534 g/mol. The second-order valence-electron chi connectivity index (χ2n) is 8.30. The summed E-state index contributed by atoms with van der Waals surface area (Å²) >= 11 is 7.27. The van der Waals surface area contributed by atoms with Crippen molar-refractivity contribution < 1.29 is 17.0 Å². The van der Waals surface area contributed by atoms with Gasteiger partial charge in [-0.25, -0.2) is 0 Å². The largest absolute Gasteiger partial charge is 1.00 e. The predicted octanol–water partition coefficient (Wildman–Crippen LogP) is 3.93. The third-order valence-electron chi connectivity index (χ3n) is 6.95. The van der Waals surface area contributed by atoms with E-state index >= 15 is 0 Å². The highest BCUT2D eigenvalue weighted by molar-refractivity contribution is 9.10. The van der Waals surface area contributed by atoms with Gasteiger partial charge in [0.15, 0.2) is 17.9 Å². The van der Waals surface area contributed by atoms with Crippen molar-refractivity contribution in [1.29, 1.82) is 0 Å². The highest BCUT2D eigenvalue weighted by atomic mass is 79.9. The van der Waals surface area contributed by atoms with Gasteiger partial charge in [0, 0.05) is 38.5 Å². The Hall–Kier alpha value is -1.94. The molecule has 1 nitrogen and oxygen atoms in total. The first kappa shape index (κ1) is 20.9. The summed E-state index contributed by atoms with van der Waals surface area (Å²) in [6, 6.07) is 34.0. The molecule has 0 N–H and O–H groups in total. The van der Waals surface area contributed by atoms with Gasteiger partial charge >= 0.3 is 0 Å². The average molecular weight is 554 g/mol. The maximum Gasteiger partial charge on any atom is 0.190 e. The summed E-state index contributed by atoms with van der Waals surface area (Å²) in [6.45, 7) is 0. The lowest BCUT2D eigenvalue weighted by molar-refractivity contribution is -0.732. The van der Waals surface area contributed by atoms with E-state index in [-0.39, 0.29) is 23.7 Å². The molecule has 2 atom stereocenters. The first-order valence-electron chi connectivity index (χ1n) is 10.3. The predicted molar refractivity (Wildman–Crippen MR) is 127 cm³/mol. The Labute approximate surface area is 205 Å². The Morgan fingerprint density at radius 1 is 0.677 bits per heavy atom. The van der Waals surface area contributed by atoms with Crippen molar-refractivity contribution in [3.05, 3.63) is 134 Å². The number of rotatable bonds is 2. The van der Waals surface area contributed by atoms with Gasteiger partial charge in [0.25, 0.3) is 0 Å². The molecule has 0 spiro atoms. The number of halogens is 3. The summed E-state index contributed by atoms with van der Waals surface area (Å²) < 4.78 is 4.74. The van der Waals surface area contributed by atoms with Gasteiger partial charge in [-0.2, -0.15) is 4.57 Å². The van der Waals surface area contributed by atoms with Crippen molar-refractivity contribution in [2.75, 3.05) is 0 Å². The summed E-state index contributed by atoms with van der Waals surface area (Å²) in [5.41, 5.74) is 6.99. The summed E-state index contributed by atoms with van der Waals surface area (Å²) in [6.07, 6.45) is 3.32. The second kappa shape index (κ2) is 7.88. The van der Waals surface area contributed by atoms with Crippen LogP contribution in [0.3, 0.4) is 0 Å². The fraction of sp³-hybridized carbons (Fsp3) is 0.148. The van der Waals surface area contributed by atoms with E-state index in [0.717, 1.165) is 15.4 Å². The molecule has 7 rings (SSSR count). The van der Waals surface area contributed by atoms with Gasteiger partial charge in [-0.3, -0.25) is 0 Å². The van der Waals surface area contributed by atoms with Crippen LogP contribution in [0.1, 0.15) is 46.3 Å². The standard InChI is InChI=1S/C27H20Br2N.ClH/c28-20-12-8-18(9-13-20)27(19-10-14-21(29)15-11-19)17-25-22-5-1-2-6-23(22)26(27)24-7-3-4-16-30(24)25;/h1-16,25-26H,17H2;1H/q+1;/p-1/t25-,26+;/m1./s1. The van der Waals surface area contributed by atoms with E-state index in [4.69, 9.17) is 0 Å². The topological polar surface area (TPSA) is 3.88 Å². The molecule has 3 heterocycles. The van der Waals surface area contributed by atoms with Gasteiger partial charge in [0.05, 0.1) is 5.92 Å². The van der Waals surface area contributed by atoms with Gasteiger partial charge in [0.1, 0.15) is 0 Å². The molecule has 2 bridgehead atoms. The Morgan fingerprint density at radius 3 is 1.84 bits per heavy atom. The zero-order valence-corrected chi connectivity index (χ0v) is 20.6. The molecule has 1 aliphatic carbocycles. The lowest BCUT2D eigenvalue weighted by atomic mass is 9.53. The fourth-order valence-corrected chi connectivity index (χ4v) is 6.29. The molecule has 4 heteroatoms. The van der Waals surface area contributed by atoms with Crippen molar-refractivity contribution >= 4 is 31.9 Å². The molecule has 0 unspecified atom stereocenters. The molecule has 0 radical (unpaired) electrons. The molecule has 0 fully saturated rings. The van der Waals surface area contributed by atoms with E-state index in [1.807, 2.05) is 0 Å². The van der Waals surface area contributed by atoms with Gasteiger partial charge in [-0.05, 0) is 41.0 Å². The van der Waals surface area contributed by atoms with Gasteiger partial charge in [-0.1, -0.05) is 86.5 Å². The number of fused-ring (bicyclic) bond motifs is 1. The molecule has 2 aliphatic heterocycles. The Balaban J connectivity index is 0.00000204. The quantitative estimate of drug-likeness (QED) is 0.332. The van der Waals surface area contributed by atoms with Crippen LogP contribution < -0.4 is 17.0 Å². The minimum atomic E-state index is -0.109. The first-order chi connectivity index (χ1) is 14.7. The van der Waals surface area contributed by atoms with Crippen molar-refractivity contribution in [1.82, 2.24) is 0 Å². The third-order valence-corrected chi connectivity index (χ3v) is 8.00. The van der Waals surface area contributed by atoms with Crippen LogP contribution >= 0.6 is 31.9 Å². The number of pyridine rings is 1.